The number of aryl methyl sites for hydroxylation is 1. The highest BCUT2D eigenvalue weighted by atomic mass is 16.5. The quantitative estimate of drug-likeness (QED) is 0.749. The van der Waals surface area contributed by atoms with E-state index in [1.54, 1.807) is 30.3 Å². The van der Waals surface area contributed by atoms with Crippen molar-refractivity contribution in [1.29, 1.82) is 0 Å². The van der Waals surface area contributed by atoms with Gasteiger partial charge in [0.05, 0.1) is 7.11 Å². The molecule has 1 aromatic heterocycles. The number of ether oxygens (including phenoxy) is 2. The van der Waals surface area contributed by atoms with E-state index in [0.29, 0.717) is 22.8 Å². The van der Waals surface area contributed by atoms with E-state index in [-0.39, 0.29) is 6.61 Å². The van der Waals surface area contributed by atoms with E-state index in [0.717, 1.165) is 5.56 Å². The molecule has 0 saturated carbocycles. The van der Waals surface area contributed by atoms with Gasteiger partial charge in [0.2, 0.25) is 5.88 Å². The molecule has 7 heteroatoms. The molecular formula is C13H15BN2O4. The van der Waals surface area contributed by atoms with Crippen molar-refractivity contribution in [3.8, 4) is 11.6 Å². The monoisotopic (exact) mass is 274 g/mol. The lowest BCUT2D eigenvalue weighted by Gasteiger charge is -2.10. The van der Waals surface area contributed by atoms with E-state index in [1.807, 2.05) is 6.92 Å². The molecule has 2 rings (SSSR count). The number of benzene rings is 1. The van der Waals surface area contributed by atoms with Crippen LogP contribution in [-0.2, 0) is 6.61 Å². The predicted molar refractivity (Wildman–Crippen MR) is 73.9 cm³/mol. The molecule has 20 heavy (non-hydrogen) atoms. The summed E-state index contributed by atoms with van der Waals surface area (Å²) in [7, 11) is 0.0518. The van der Waals surface area contributed by atoms with Crippen molar-refractivity contribution in [1.82, 2.24) is 10.2 Å². The molecule has 6 nitrogen and oxygen atoms in total. The lowest BCUT2D eigenvalue weighted by atomic mass is 9.79. The first-order valence-electron chi connectivity index (χ1n) is 6.06. The van der Waals surface area contributed by atoms with Crippen molar-refractivity contribution < 1.29 is 19.5 Å². The molecule has 0 aliphatic heterocycles. The number of hydrogen-bond acceptors (Lipinski definition) is 6. The van der Waals surface area contributed by atoms with Gasteiger partial charge in [-0.15, -0.1) is 10.2 Å². The highest BCUT2D eigenvalue weighted by Crippen LogP contribution is 2.17. The van der Waals surface area contributed by atoms with Crippen LogP contribution in [0.15, 0.2) is 30.3 Å². The third-order valence-corrected chi connectivity index (χ3v) is 2.78. The zero-order valence-electron chi connectivity index (χ0n) is 11.3. The molecular weight excluding hydrogens is 259 g/mol. The summed E-state index contributed by atoms with van der Waals surface area (Å²) in [6, 6.07) is 8.45. The van der Waals surface area contributed by atoms with Gasteiger partial charge in [-0.3, -0.25) is 0 Å². The summed E-state index contributed by atoms with van der Waals surface area (Å²) >= 11 is 0. The van der Waals surface area contributed by atoms with E-state index in [2.05, 4.69) is 10.2 Å². The maximum absolute atomic E-state index is 9.08. The van der Waals surface area contributed by atoms with Gasteiger partial charge in [0, 0.05) is 6.07 Å². The molecule has 1 aromatic carbocycles. The van der Waals surface area contributed by atoms with Crippen molar-refractivity contribution in [2.45, 2.75) is 13.5 Å². The Morgan fingerprint density at radius 3 is 2.50 bits per heavy atom. The lowest BCUT2D eigenvalue weighted by Crippen LogP contribution is -2.29. The summed E-state index contributed by atoms with van der Waals surface area (Å²) in [6.45, 7) is 2.11. The van der Waals surface area contributed by atoms with Crippen molar-refractivity contribution in [3.05, 3.63) is 41.6 Å². The molecule has 0 atom stereocenters. The third-order valence-electron chi connectivity index (χ3n) is 2.78. The van der Waals surface area contributed by atoms with Crippen molar-refractivity contribution >= 4 is 12.6 Å². The first-order chi connectivity index (χ1) is 9.60. The van der Waals surface area contributed by atoms with Crippen LogP contribution in [0.2, 0.25) is 0 Å². The summed E-state index contributed by atoms with van der Waals surface area (Å²) < 4.78 is 10.5. The highest BCUT2D eigenvalue weighted by Gasteiger charge is 2.12. The number of rotatable bonds is 5. The minimum absolute atomic E-state index is 0.277. The standard InChI is InChI=1S/C13H15BN2O4/c1-9-7-10(14(17)18)3-5-12(9)20-8-11-4-6-13(19-2)16-15-11/h3-7,17-18H,8H2,1-2H3. The second kappa shape index (κ2) is 6.36. The van der Waals surface area contributed by atoms with Crippen molar-refractivity contribution in [3.63, 3.8) is 0 Å². The summed E-state index contributed by atoms with van der Waals surface area (Å²) in [5.41, 5.74) is 1.92. The molecule has 0 bridgehead atoms. The van der Waals surface area contributed by atoms with Gasteiger partial charge < -0.3 is 19.5 Å². The summed E-state index contributed by atoms with van der Waals surface area (Å²) in [5, 5.41) is 26.0. The molecule has 0 radical (unpaired) electrons. The molecule has 0 unspecified atom stereocenters. The molecule has 2 aromatic rings. The SMILES string of the molecule is COc1ccc(COc2ccc(B(O)O)cc2C)nn1. The minimum atomic E-state index is -1.48. The van der Waals surface area contributed by atoms with Crippen molar-refractivity contribution in [2.75, 3.05) is 7.11 Å². The highest BCUT2D eigenvalue weighted by molar-refractivity contribution is 6.58. The molecule has 104 valence electrons. The van der Waals surface area contributed by atoms with E-state index >= 15 is 0 Å². The van der Waals surface area contributed by atoms with Crippen LogP contribution in [-0.4, -0.2) is 34.5 Å². The van der Waals surface area contributed by atoms with Gasteiger partial charge in [0.15, 0.2) is 0 Å². The van der Waals surface area contributed by atoms with Crippen LogP contribution >= 0.6 is 0 Å². The molecule has 0 amide bonds. The smallest absolute Gasteiger partial charge is 0.487 e. The average molecular weight is 274 g/mol. The van der Waals surface area contributed by atoms with Gasteiger partial charge in [-0.25, -0.2) is 0 Å². The normalized spacial score (nSPS) is 10.2. The fourth-order valence-corrected chi connectivity index (χ4v) is 1.68. The summed E-state index contributed by atoms with van der Waals surface area (Å²) in [4.78, 5) is 0. The fraction of sp³-hybridized carbons (Fsp3) is 0.231. The molecule has 0 spiro atoms. The third kappa shape index (κ3) is 3.46. The van der Waals surface area contributed by atoms with Crippen LogP contribution in [0.1, 0.15) is 11.3 Å². The van der Waals surface area contributed by atoms with E-state index in [1.165, 1.54) is 7.11 Å². The molecule has 0 saturated heterocycles. The fourth-order valence-electron chi connectivity index (χ4n) is 1.68. The Balaban J connectivity index is 2.03. The molecule has 0 aliphatic rings. The average Bonchev–Trinajstić information content (AvgIpc) is 2.46. The van der Waals surface area contributed by atoms with Gasteiger partial charge >= 0.3 is 7.12 Å². The van der Waals surface area contributed by atoms with Crippen LogP contribution in [0.25, 0.3) is 0 Å². The van der Waals surface area contributed by atoms with Crippen LogP contribution < -0.4 is 14.9 Å². The number of nitrogens with zero attached hydrogens (tertiary/aromatic N) is 2. The molecule has 0 fully saturated rings. The van der Waals surface area contributed by atoms with E-state index in [4.69, 9.17) is 19.5 Å². The Hall–Kier alpha value is -2.12. The largest absolute Gasteiger partial charge is 0.488 e. The first kappa shape index (κ1) is 14.3. The number of aromatic nitrogens is 2. The Morgan fingerprint density at radius 1 is 1.15 bits per heavy atom. The number of methoxy groups -OCH3 is 1. The number of hydrogen-bond donors (Lipinski definition) is 2. The maximum atomic E-state index is 9.08. The Morgan fingerprint density at radius 2 is 1.95 bits per heavy atom. The molecule has 2 N–H and O–H groups in total. The second-order valence-corrected chi connectivity index (χ2v) is 4.25. The van der Waals surface area contributed by atoms with Crippen LogP contribution in [0.3, 0.4) is 0 Å². The lowest BCUT2D eigenvalue weighted by molar-refractivity contribution is 0.296. The summed E-state index contributed by atoms with van der Waals surface area (Å²) in [6.07, 6.45) is 0. The summed E-state index contributed by atoms with van der Waals surface area (Å²) in [5.74, 6) is 1.11. The Labute approximate surface area is 117 Å². The van der Waals surface area contributed by atoms with Crippen LogP contribution in [0.4, 0.5) is 0 Å². The van der Waals surface area contributed by atoms with Gasteiger partial charge in [-0.1, -0.05) is 12.1 Å². The van der Waals surface area contributed by atoms with Gasteiger partial charge in [-0.05, 0) is 30.1 Å². The zero-order chi connectivity index (χ0) is 14.5. The molecule has 1 heterocycles. The van der Waals surface area contributed by atoms with Gasteiger partial charge in [0.25, 0.3) is 0 Å². The minimum Gasteiger partial charge on any atom is -0.487 e. The Kier molecular flexibility index (Phi) is 4.55. The molecule has 0 aliphatic carbocycles. The van der Waals surface area contributed by atoms with Gasteiger partial charge in [0.1, 0.15) is 18.1 Å². The Bertz CT molecular complexity index is 575. The topological polar surface area (TPSA) is 84.7 Å². The van der Waals surface area contributed by atoms with Crippen LogP contribution in [0.5, 0.6) is 11.6 Å². The van der Waals surface area contributed by atoms with Crippen molar-refractivity contribution in [2.24, 2.45) is 0 Å². The zero-order valence-corrected chi connectivity index (χ0v) is 11.3. The predicted octanol–water partition coefficient (Wildman–Crippen LogP) is 0.0524. The van der Waals surface area contributed by atoms with E-state index < -0.39 is 7.12 Å². The maximum Gasteiger partial charge on any atom is 0.488 e. The first-order valence-corrected chi connectivity index (χ1v) is 6.06. The second-order valence-electron chi connectivity index (χ2n) is 4.25. The van der Waals surface area contributed by atoms with Gasteiger partial charge in [-0.2, -0.15) is 0 Å². The van der Waals surface area contributed by atoms with Crippen LogP contribution in [0, 0.1) is 6.92 Å². The van der Waals surface area contributed by atoms with E-state index in [9.17, 15) is 0 Å².